The third kappa shape index (κ3) is 8.02. The standard InChI is InChI=1S/C15H17N3.C3H6O.ClH/c1-11-7-3-5-9-13(11)17-15(16)18-14-10-6-4-8-12(14)2;1-3(2)4;/h3-10H,1-2H3,(H3,16,17,18);1-2H3;1H. The third-order valence-corrected chi connectivity index (χ3v) is 2.76. The van der Waals surface area contributed by atoms with Gasteiger partial charge in [-0.1, -0.05) is 36.4 Å². The molecule has 2 aromatic carbocycles. The smallest absolute Gasteiger partial charge is 0.198 e. The quantitative estimate of drug-likeness (QED) is 0.633. The van der Waals surface area contributed by atoms with E-state index >= 15 is 0 Å². The Morgan fingerprint density at radius 2 is 1.43 bits per heavy atom. The van der Waals surface area contributed by atoms with Crippen LogP contribution in [-0.2, 0) is 4.79 Å². The van der Waals surface area contributed by atoms with Crippen molar-refractivity contribution < 1.29 is 4.79 Å². The van der Waals surface area contributed by atoms with Gasteiger partial charge in [-0.25, -0.2) is 4.99 Å². The van der Waals surface area contributed by atoms with E-state index in [-0.39, 0.29) is 18.2 Å². The number of aliphatic imine (C=N–C) groups is 1. The van der Waals surface area contributed by atoms with E-state index in [1.54, 1.807) is 0 Å². The summed E-state index contributed by atoms with van der Waals surface area (Å²) in [6.07, 6.45) is 0. The summed E-state index contributed by atoms with van der Waals surface area (Å²) in [5, 5.41) is 3.11. The highest BCUT2D eigenvalue weighted by molar-refractivity contribution is 5.94. The zero-order valence-corrected chi connectivity index (χ0v) is 14.8. The molecular weight excluding hydrogens is 310 g/mol. The summed E-state index contributed by atoms with van der Waals surface area (Å²) in [7, 11) is 0. The van der Waals surface area contributed by atoms with Gasteiger partial charge in [-0.3, -0.25) is 0 Å². The molecule has 0 amide bonds. The molecule has 0 aliphatic heterocycles. The summed E-state index contributed by atoms with van der Waals surface area (Å²) in [5.41, 5.74) is 10.0. The first-order valence-corrected chi connectivity index (χ1v) is 7.09. The molecule has 0 aliphatic rings. The van der Waals surface area contributed by atoms with Crippen molar-refractivity contribution >= 4 is 35.5 Å². The number of benzene rings is 2. The van der Waals surface area contributed by atoms with Gasteiger partial charge < -0.3 is 15.8 Å². The minimum atomic E-state index is 0. The van der Waals surface area contributed by atoms with E-state index in [9.17, 15) is 4.79 Å². The molecule has 2 aromatic rings. The van der Waals surface area contributed by atoms with Crippen LogP contribution >= 0.6 is 12.4 Å². The first-order chi connectivity index (χ1) is 10.4. The zero-order valence-electron chi connectivity index (χ0n) is 14.0. The van der Waals surface area contributed by atoms with Crippen LogP contribution in [0.4, 0.5) is 11.4 Å². The summed E-state index contributed by atoms with van der Waals surface area (Å²) in [6, 6.07) is 15.9. The van der Waals surface area contributed by atoms with Crippen molar-refractivity contribution in [3.05, 3.63) is 59.7 Å². The molecule has 0 saturated carbocycles. The fourth-order valence-corrected chi connectivity index (χ4v) is 1.70. The minimum Gasteiger partial charge on any atom is -0.369 e. The van der Waals surface area contributed by atoms with Crippen molar-refractivity contribution in [1.82, 2.24) is 0 Å². The number of Topliss-reactive ketones (excluding diaryl/α,β-unsaturated/α-hetero) is 1. The first kappa shape index (κ1) is 20.7. The summed E-state index contributed by atoms with van der Waals surface area (Å²) >= 11 is 0. The van der Waals surface area contributed by atoms with Gasteiger partial charge in [0.25, 0.3) is 0 Å². The largest absolute Gasteiger partial charge is 0.369 e. The fourth-order valence-electron chi connectivity index (χ4n) is 1.70. The van der Waals surface area contributed by atoms with Gasteiger partial charge in [0.15, 0.2) is 5.96 Å². The van der Waals surface area contributed by atoms with Crippen LogP contribution in [0.2, 0.25) is 0 Å². The van der Waals surface area contributed by atoms with Gasteiger partial charge in [0.2, 0.25) is 0 Å². The van der Waals surface area contributed by atoms with Crippen molar-refractivity contribution in [2.45, 2.75) is 27.7 Å². The van der Waals surface area contributed by atoms with E-state index in [0.29, 0.717) is 5.96 Å². The number of hydrogen-bond acceptors (Lipinski definition) is 2. The molecule has 23 heavy (non-hydrogen) atoms. The Morgan fingerprint density at radius 1 is 0.957 bits per heavy atom. The van der Waals surface area contributed by atoms with Crippen LogP contribution in [0.1, 0.15) is 25.0 Å². The fraction of sp³-hybridized carbons (Fsp3) is 0.222. The number of guanidine groups is 1. The maximum absolute atomic E-state index is 9.44. The second-order valence-electron chi connectivity index (χ2n) is 5.13. The molecule has 0 aliphatic carbocycles. The maximum Gasteiger partial charge on any atom is 0.198 e. The monoisotopic (exact) mass is 333 g/mol. The van der Waals surface area contributed by atoms with Crippen molar-refractivity contribution in [3.8, 4) is 0 Å². The average molecular weight is 334 g/mol. The Balaban J connectivity index is 0.000000871. The molecule has 0 radical (unpaired) electrons. The van der Waals surface area contributed by atoms with Gasteiger partial charge in [0, 0.05) is 5.69 Å². The van der Waals surface area contributed by atoms with E-state index in [0.717, 1.165) is 22.5 Å². The highest BCUT2D eigenvalue weighted by atomic mass is 35.5. The number of para-hydroxylation sites is 2. The number of nitrogens with one attached hydrogen (secondary N) is 1. The lowest BCUT2D eigenvalue weighted by molar-refractivity contribution is -0.114. The van der Waals surface area contributed by atoms with Gasteiger partial charge in [-0.05, 0) is 51.0 Å². The molecule has 0 fully saturated rings. The topological polar surface area (TPSA) is 67.5 Å². The van der Waals surface area contributed by atoms with Crippen LogP contribution in [0.15, 0.2) is 53.5 Å². The molecule has 0 saturated heterocycles. The Labute approximate surface area is 144 Å². The lowest BCUT2D eigenvalue weighted by Gasteiger charge is -2.08. The number of ketones is 1. The Kier molecular flexibility index (Phi) is 9.35. The molecule has 3 N–H and O–H groups in total. The number of rotatable bonds is 2. The van der Waals surface area contributed by atoms with Gasteiger partial charge in [-0.15, -0.1) is 12.4 Å². The lowest BCUT2D eigenvalue weighted by atomic mass is 10.2. The van der Waals surface area contributed by atoms with E-state index in [1.807, 2.05) is 62.4 Å². The second kappa shape index (κ2) is 10.4. The van der Waals surface area contributed by atoms with E-state index < -0.39 is 0 Å². The minimum absolute atomic E-state index is 0. The molecular formula is C18H24ClN3O. The van der Waals surface area contributed by atoms with Crippen LogP contribution in [0.5, 0.6) is 0 Å². The van der Waals surface area contributed by atoms with Crippen LogP contribution < -0.4 is 11.1 Å². The molecule has 0 spiro atoms. The van der Waals surface area contributed by atoms with Crippen molar-refractivity contribution in [2.24, 2.45) is 10.7 Å². The number of aryl methyl sites for hydroxylation is 2. The predicted octanol–water partition coefficient (Wildman–Crippen LogP) is 4.38. The first-order valence-electron chi connectivity index (χ1n) is 7.09. The lowest BCUT2D eigenvalue weighted by Crippen LogP contribution is -2.22. The highest BCUT2D eigenvalue weighted by Gasteiger charge is 2.00. The number of halogens is 1. The van der Waals surface area contributed by atoms with Crippen LogP contribution in [-0.4, -0.2) is 11.7 Å². The maximum atomic E-state index is 9.44. The number of carbonyl (C=O) groups excluding carboxylic acids is 1. The SMILES string of the molecule is CC(C)=O.Cc1ccccc1N=C(N)Nc1ccccc1C.Cl. The summed E-state index contributed by atoms with van der Waals surface area (Å²) in [4.78, 5) is 13.8. The molecule has 0 bridgehead atoms. The number of nitrogens with two attached hydrogens (primary N) is 1. The van der Waals surface area contributed by atoms with E-state index in [4.69, 9.17) is 5.73 Å². The van der Waals surface area contributed by atoms with Gasteiger partial charge in [0.05, 0.1) is 5.69 Å². The third-order valence-electron chi connectivity index (χ3n) is 2.76. The Bertz CT molecular complexity index is 665. The molecule has 0 aromatic heterocycles. The van der Waals surface area contributed by atoms with Crippen molar-refractivity contribution in [3.63, 3.8) is 0 Å². The Hall–Kier alpha value is -2.33. The van der Waals surface area contributed by atoms with Gasteiger partial charge >= 0.3 is 0 Å². The molecule has 4 nitrogen and oxygen atoms in total. The molecule has 124 valence electrons. The van der Waals surface area contributed by atoms with Crippen LogP contribution in [0.3, 0.4) is 0 Å². The molecule has 0 heterocycles. The van der Waals surface area contributed by atoms with Gasteiger partial charge in [-0.2, -0.15) is 0 Å². The number of carbonyl (C=O) groups is 1. The second-order valence-corrected chi connectivity index (χ2v) is 5.13. The summed E-state index contributed by atoms with van der Waals surface area (Å²) < 4.78 is 0. The molecule has 0 atom stereocenters. The molecule has 2 rings (SSSR count). The summed E-state index contributed by atoms with van der Waals surface area (Å²) in [6.45, 7) is 7.10. The average Bonchev–Trinajstić information content (AvgIpc) is 2.43. The Morgan fingerprint density at radius 3 is 1.96 bits per heavy atom. The van der Waals surface area contributed by atoms with Crippen LogP contribution in [0.25, 0.3) is 0 Å². The normalized spacial score (nSPS) is 10.0. The van der Waals surface area contributed by atoms with Gasteiger partial charge in [0.1, 0.15) is 5.78 Å². The number of hydrogen-bond donors (Lipinski definition) is 2. The van der Waals surface area contributed by atoms with Crippen molar-refractivity contribution in [2.75, 3.05) is 5.32 Å². The molecule has 0 unspecified atom stereocenters. The number of nitrogens with zero attached hydrogens (tertiary/aromatic N) is 1. The van der Waals surface area contributed by atoms with E-state index in [1.165, 1.54) is 13.8 Å². The van der Waals surface area contributed by atoms with Crippen molar-refractivity contribution in [1.29, 1.82) is 0 Å². The number of anilines is 1. The molecule has 5 heteroatoms. The highest BCUT2D eigenvalue weighted by Crippen LogP contribution is 2.18. The van der Waals surface area contributed by atoms with Crippen LogP contribution in [0, 0.1) is 13.8 Å². The predicted molar refractivity (Wildman–Crippen MR) is 101 cm³/mol. The summed E-state index contributed by atoms with van der Waals surface area (Å²) in [5.74, 6) is 0.568. The van der Waals surface area contributed by atoms with E-state index in [2.05, 4.69) is 10.3 Å². The zero-order chi connectivity index (χ0) is 16.5.